The van der Waals surface area contributed by atoms with E-state index >= 15 is 0 Å². The second-order valence-electron chi connectivity index (χ2n) is 6.17. The van der Waals surface area contributed by atoms with Crippen LogP contribution in [0.2, 0.25) is 0 Å². The summed E-state index contributed by atoms with van der Waals surface area (Å²) in [5.74, 6) is -70.7. The third-order valence-corrected chi connectivity index (χ3v) is 7.81. The van der Waals surface area contributed by atoms with E-state index in [4.69, 9.17) is 0 Å². The molecule has 0 rings (SSSR count). The molecule has 0 aromatic rings. The summed E-state index contributed by atoms with van der Waals surface area (Å²) in [6.07, 6.45) is -8.02. The van der Waals surface area contributed by atoms with E-state index in [0.717, 1.165) is 0 Å². The molecule has 0 N–H and O–H groups in total. The average molecular weight is 698 g/mol. The van der Waals surface area contributed by atoms with Crippen LogP contribution in [0.5, 0.6) is 0 Å². The van der Waals surface area contributed by atoms with E-state index in [0.29, 0.717) is 0 Å². The number of hydrogen-bond acceptors (Lipinski definition) is 0. The predicted octanol–water partition coefficient (Wildman–Crippen LogP) is 8.62. The van der Waals surface area contributed by atoms with E-state index in [2.05, 4.69) is 22.2 Å². The van der Waals surface area contributed by atoms with E-state index in [-0.39, 0.29) is 0 Å². The van der Waals surface area contributed by atoms with Gasteiger partial charge in [0.05, 0.1) is 0 Å². The molecule has 0 heterocycles. The first-order chi connectivity index (χ1) is 14.5. The lowest BCUT2D eigenvalue weighted by Gasteiger charge is -2.45. The van der Waals surface area contributed by atoms with Gasteiger partial charge in [0.2, 0.25) is 0 Å². The molecular formula is C10BrCl2F21Si. The average Bonchev–Trinajstić information content (AvgIpc) is 2.58. The van der Waals surface area contributed by atoms with Gasteiger partial charge in [-0.15, -0.1) is 22.2 Å². The fraction of sp³-hybridized carbons (Fsp3) is 1.00. The van der Waals surface area contributed by atoms with Crippen molar-refractivity contribution in [3.8, 4) is 0 Å². The van der Waals surface area contributed by atoms with E-state index in [9.17, 15) is 92.2 Å². The highest BCUT2D eigenvalue weighted by Gasteiger charge is 2.98. The van der Waals surface area contributed by atoms with Crippen molar-refractivity contribution in [1.29, 1.82) is 0 Å². The molecule has 0 saturated heterocycles. The summed E-state index contributed by atoms with van der Waals surface area (Å²) in [5.41, 5.74) is -7.00. The molecule has 25 heteroatoms. The molecule has 0 bridgehead atoms. The van der Waals surface area contributed by atoms with Gasteiger partial charge in [-0.1, -0.05) is 15.3 Å². The molecule has 35 heavy (non-hydrogen) atoms. The molecule has 0 atom stereocenters. The summed E-state index contributed by atoms with van der Waals surface area (Å²) >= 11 is 9.93. The van der Waals surface area contributed by atoms with Crippen molar-refractivity contribution >= 4 is 42.8 Å². The van der Waals surface area contributed by atoms with Crippen LogP contribution in [-0.2, 0) is 0 Å². The second kappa shape index (κ2) is 8.40. The van der Waals surface area contributed by atoms with Gasteiger partial charge >= 0.3 is 64.4 Å². The Kier molecular flexibility index (Phi) is 8.36. The van der Waals surface area contributed by atoms with Crippen molar-refractivity contribution in [3.63, 3.8) is 0 Å². The third-order valence-electron chi connectivity index (χ3n) is 3.87. The summed E-state index contributed by atoms with van der Waals surface area (Å²) in [7, 11) is 0. The SMILES string of the molecule is FC(F)(F)C(F)(F)C(F)(F)C(F)(F)C(F)(F)C(F)(F)C(F)(F)C(F)(F)C(F)(F)C(F)(F)[Si](Cl)(Cl)Br. The fourth-order valence-corrected chi connectivity index (χ4v) is 3.71. The lowest BCUT2D eigenvalue weighted by molar-refractivity contribution is -0.472. The summed E-state index contributed by atoms with van der Waals surface area (Å²) in [4.78, 5) is 0. The first-order valence-electron chi connectivity index (χ1n) is 7.04. The lowest BCUT2D eigenvalue weighted by Crippen LogP contribution is -2.77. The summed E-state index contributed by atoms with van der Waals surface area (Å²) in [5, 5.41) is -6.49. The molecule has 0 radical (unpaired) electrons. The van der Waals surface area contributed by atoms with Crippen LogP contribution in [0.1, 0.15) is 0 Å². The van der Waals surface area contributed by atoms with Gasteiger partial charge in [0.25, 0.3) is 0 Å². The molecule has 0 saturated carbocycles. The second-order valence-corrected chi connectivity index (χ2v) is 18.1. The Hall–Kier alpha value is -0.193. The van der Waals surface area contributed by atoms with Crippen LogP contribution in [-0.4, -0.2) is 64.4 Å². The third kappa shape index (κ3) is 4.24. The Labute approximate surface area is 194 Å². The molecule has 212 valence electrons. The predicted molar refractivity (Wildman–Crippen MR) is 77.0 cm³/mol. The minimum Gasteiger partial charge on any atom is -0.200 e. The van der Waals surface area contributed by atoms with Crippen molar-refractivity contribution in [2.75, 3.05) is 0 Å². The summed E-state index contributed by atoms with van der Waals surface area (Å²) in [6.45, 7) is 0. The van der Waals surface area contributed by atoms with Crippen molar-refractivity contribution in [3.05, 3.63) is 0 Å². The highest BCUT2D eigenvalue weighted by Crippen LogP contribution is 2.67. The molecule has 0 amide bonds. The van der Waals surface area contributed by atoms with Gasteiger partial charge in [-0.05, 0) is 0 Å². The van der Waals surface area contributed by atoms with Crippen molar-refractivity contribution in [2.24, 2.45) is 0 Å². The van der Waals surface area contributed by atoms with Gasteiger partial charge in [-0.25, -0.2) is 8.78 Å². The maximum Gasteiger partial charge on any atom is 0.460 e. The zero-order valence-electron chi connectivity index (χ0n) is 14.6. The Morgan fingerprint density at radius 1 is 0.343 bits per heavy atom. The van der Waals surface area contributed by atoms with Crippen LogP contribution < -0.4 is 0 Å². The quantitative estimate of drug-likeness (QED) is 0.129. The number of halogens is 24. The Morgan fingerprint density at radius 3 is 0.686 bits per heavy atom. The standard InChI is InChI=1S/C10BrCl2F21Si/c11-35(12,13)10(33,34)8(28,29)6(24,25)4(20,21)2(16,17)1(14,15)3(18,19)5(22,23)7(26,27)9(30,31)32. The molecule has 0 aliphatic heterocycles. The van der Waals surface area contributed by atoms with Crippen LogP contribution in [0.3, 0.4) is 0 Å². The zero-order valence-corrected chi connectivity index (χ0v) is 18.7. The maximum absolute atomic E-state index is 13.5. The molecule has 0 aliphatic carbocycles. The van der Waals surface area contributed by atoms with Crippen LogP contribution in [0.15, 0.2) is 0 Å². The first kappa shape index (κ1) is 34.8. The first-order valence-corrected chi connectivity index (χ1v) is 13.3. The van der Waals surface area contributed by atoms with Crippen LogP contribution >= 0.6 is 37.5 Å². The van der Waals surface area contributed by atoms with Gasteiger partial charge in [0.1, 0.15) is 0 Å². The molecule has 0 spiro atoms. The summed E-state index contributed by atoms with van der Waals surface area (Å²) < 4.78 is 274. The minimum absolute atomic E-state index is 1.20. The maximum atomic E-state index is 13.5. The summed E-state index contributed by atoms with van der Waals surface area (Å²) in [6, 6.07) is 0. The van der Waals surface area contributed by atoms with E-state index in [1.165, 1.54) is 15.3 Å². The largest absolute Gasteiger partial charge is 0.460 e. The van der Waals surface area contributed by atoms with E-state index in [1.54, 1.807) is 0 Å². The molecule has 0 aliphatic rings. The monoisotopic (exact) mass is 696 g/mol. The van der Waals surface area contributed by atoms with Gasteiger partial charge < -0.3 is 0 Å². The van der Waals surface area contributed by atoms with Crippen molar-refractivity contribution < 1.29 is 92.2 Å². The molecule has 0 nitrogen and oxygen atoms in total. The van der Waals surface area contributed by atoms with Crippen molar-refractivity contribution in [2.45, 2.75) is 59.1 Å². The van der Waals surface area contributed by atoms with Crippen LogP contribution in [0, 0.1) is 0 Å². The zero-order chi connectivity index (χ0) is 29.5. The van der Waals surface area contributed by atoms with Gasteiger partial charge in [-0.2, -0.15) is 83.4 Å². The number of rotatable bonds is 9. The number of alkyl halides is 21. The Morgan fingerprint density at radius 2 is 0.514 bits per heavy atom. The topological polar surface area (TPSA) is 0 Å². The van der Waals surface area contributed by atoms with Crippen LogP contribution in [0.25, 0.3) is 0 Å². The fourth-order valence-electron chi connectivity index (χ4n) is 1.74. The minimum atomic E-state index is -9.21. The van der Waals surface area contributed by atoms with E-state index in [1.807, 2.05) is 0 Å². The Balaban J connectivity index is 7.15. The van der Waals surface area contributed by atoms with Crippen LogP contribution in [0.4, 0.5) is 92.2 Å². The molecule has 0 aromatic heterocycles. The molecule has 0 unspecified atom stereocenters. The smallest absolute Gasteiger partial charge is 0.200 e. The van der Waals surface area contributed by atoms with E-state index < -0.39 is 64.4 Å². The highest BCUT2D eigenvalue weighted by atomic mass is 79.9. The number of hydrogen-bond donors (Lipinski definition) is 0. The Bertz CT molecular complexity index is 731. The van der Waals surface area contributed by atoms with Gasteiger partial charge in [-0.3, -0.25) is 0 Å². The highest BCUT2D eigenvalue weighted by molar-refractivity contribution is 9.29. The molecule has 0 fully saturated rings. The molecule has 0 aromatic carbocycles. The van der Waals surface area contributed by atoms with Gasteiger partial charge in [0, 0.05) is 0 Å². The van der Waals surface area contributed by atoms with Gasteiger partial charge in [0.15, 0.2) is 0 Å². The lowest BCUT2D eigenvalue weighted by atomic mass is 9.87. The van der Waals surface area contributed by atoms with Crippen molar-refractivity contribution in [1.82, 2.24) is 0 Å². The normalized spacial score (nSPS) is 17.1. The molecular weight excluding hydrogens is 698 g/mol.